The molecule has 4 nitrogen and oxygen atoms in total. The molecule has 0 spiro atoms. The van der Waals surface area contributed by atoms with E-state index in [0.29, 0.717) is 11.3 Å². The number of carbonyl (C=O) groups is 1. The number of aliphatic hydroxyl groups excluding tert-OH is 1. The standard InChI is InChI=1S/C33H33NO3/c1-25(2)32(36)33(3,24-35)37-31-22-18-27(19-23-31)15-14-26-16-20-30(21-17-26)34(28-10-6-4-7-11-28)29-12-8-5-9-13-29/h4-13,16-23,35H,1,14-15,24H2,2-3H3. The van der Waals surface area contributed by atoms with Crippen molar-refractivity contribution >= 4 is 22.8 Å². The molecule has 4 heteroatoms. The molecule has 1 atom stereocenters. The first-order valence-electron chi connectivity index (χ1n) is 12.5. The van der Waals surface area contributed by atoms with E-state index < -0.39 is 12.2 Å². The number of nitrogens with zero attached hydrogens (tertiary/aromatic N) is 1. The first kappa shape index (κ1) is 25.9. The van der Waals surface area contributed by atoms with Gasteiger partial charge in [0.05, 0.1) is 6.61 Å². The van der Waals surface area contributed by atoms with Crippen molar-refractivity contribution in [3.63, 3.8) is 0 Å². The van der Waals surface area contributed by atoms with Crippen LogP contribution in [-0.4, -0.2) is 23.1 Å². The van der Waals surface area contributed by atoms with Crippen LogP contribution >= 0.6 is 0 Å². The van der Waals surface area contributed by atoms with Gasteiger partial charge in [0.25, 0.3) is 0 Å². The van der Waals surface area contributed by atoms with E-state index in [9.17, 15) is 9.90 Å². The van der Waals surface area contributed by atoms with Gasteiger partial charge in [0.15, 0.2) is 5.60 Å². The number of ether oxygens (including phenoxy) is 1. The summed E-state index contributed by atoms with van der Waals surface area (Å²) in [5.74, 6) is 0.238. The summed E-state index contributed by atoms with van der Waals surface area (Å²) in [5.41, 5.74) is 4.79. The fourth-order valence-electron chi connectivity index (χ4n) is 4.29. The number of rotatable bonds is 11. The molecule has 0 aliphatic carbocycles. The highest BCUT2D eigenvalue weighted by Crippen LogP contribution is 2.34. The van der Waals surface area contributed by atoms with Crippen LogP contribution in [0.2, 0.25) is 0 Å². The molecule has 0 amide bonds. The fourth-order valence-corrected chi connectivity index (χ4v) is 4.29. The maximum atomic E-state index is 12.4. The van der Waals surface area contributed by atoms with Crippen LogP contribution in [0.25, 0.3) is 0 Å². The minimum absolute atomic E-state index is 0.305. The summed E-state index contributed by atoms with van der Waals surface area (Å²) in [5, 5.41) is 9.72. The molecule has 1 N–H and O–H groups in total. The maximum Gasteiger partial charge on any atom is 0.203 e. The van der Waals surface area contributed by atoms with E-state index in [1.54, 1.807) is 13.8 Å². The normalized spacial score (nSPS) is 12.4. The van der Waals surface area contributed by atoms with Gasteiger partial charge in [-0.2, -0.15) is 0 Å². The number of aryl methyl sites for hydroxylation is 2. The number of benzene rings is 4. The summed E-state index contributed by atoms with van der Waals surface area (Å²) in [6, 6.07) is 37.1. The summed E-state index contributed by atoms with van der Waals surface area (Å²) in [6.07, 6.45) is 1.78. The van der Waals surface area contributed by atoms with Crippen LogP contribution in [0, 0.1) is 0 Å². The lowest BCUT2D eigenvalue weighted by atomic mass is 9.97. The molecule has 188 valence electrons. The lowest BCUT2D eigenvalue weighted by molar-refractivity contribution is -0.132. The first-order chi connectivity index (χ1) is 17.9. The number of aliphatic hydroxyl groups is 1. The molecule has 0 fully saturated rings. The molecule has 4 aromatic carbocycles. The van der Waals surface area contributed by atoms with Gasteiger partial charge in [-0.1, -0.05) is 67.2 Å². The molecule has 37 heavy (non-hydrogen) atoms. The van der Waals surface area contributed by atoms with E-state index in [0.717, 1.165) is 29.9 Å². The van der Waals surface area contributed by atoms with Crippen LogP contribution in [0.5, 0.6) is 5.75 Å². The Bertz CT molecular complexity index is 1280. The molecule has 0 radical (unpaired) electrons. The highest BCUT2D eigenvalue weighted by atomic mass is 16.5. The quantitative estimate of drug-likeness (QED) is 0.225. The molecule has 4 aromatic rings. The molecule has 1 unspecified atom stereocenters. The van der Waals surface area contributed by atoms with Gasteiger partial charge in [-0.3, -0.25) is 4.79 Å². The number of ketones is 1. The Morgan fingerprint density at radius 1 is 0.757 bits per heavy atom. The van der Waals surface area contributed by atoms with Crippen molar-refractivity contribution in [3.8, 4) is 5.75 Å². The summed E-state index contributed by atoms with van der Waals surface area (Å²) in [7, 11) is 0. The van der Waals surface area contributed by atoms with Crippen molar-refractivity contribution in [1.82, 2.24) is 0 Å². The molecule has 0 aliphatic heterocycles. The van der Waals surface area contributed by atoms with Gasteiger partial charge >= 0.3 is 0 Å². The monoisotopic (exact) mass is 491 g/mol. The lowest BCUT2D eigenvalue weighted by Crippen LogP contribution is -2.45. The van der Waals surface area contributed by atoms with Crippen LogP contribution in [0.4, 0.5) is 17.1 Å². The SMILES string of the molecule is C=C(C)C(=O)C(C)(CO)Oc1ccc(CCc2ccc(N(c3ccccc3)c3ccccc3)cc2)cc1. The average Bonchev–Trinajstić information content (AvgIpc) is 2.94. The fraction of sp³-hybridized carbons (Fsp3) is 0.182. The minimum Gasteiger partial charge on any atom is -0.477 e. The third-order valence-corrected chi connectivity index (χ3v) is 6.36. The van der Waals surface area contributed by atoms with Crippen molar-refractivity contribution in [2.75, 3.05) is 11.5 Å². The van der Waals surface area contributed by atoms with Gasteiger partial charge in [-0.05, 0) is 91.9 Å². The Morgan fingerprint density at radius 3 is 1.62 bits per heavy atom. The number of Topliss-reactive ketones (excluding diaryl/α,β-unsaturated/α-hetero) is 1. The summed E-state index contributed by atoms with van der Waals surface area (Å²) in [4.78, 5) is 14.6. The van der Waals surface area contributed by atoms with Gasteiger partial charge in [-0.15, -0.1) is 0 Å². The summed E-state index contributed by atoms with van der Waals surface area (Å²) in [6.45, 7) is 6.47. The van der Waals surface area contributed by atoms with E-state index in [4.69, 9.17) is 4.74 Å². The molecule has 0 aliphatic rings. The van der Waals surface area contributed by atoms with Crippen LogP contribution in [-0.2, 0) is 17.6 Å². The van der Waals surface area contributed by atoms with E-state index in [1.807, 2.05) is 36.4 Å². The van der Waals surface area contributed by atoms with Crippen molar-refractivity contribution in [3.05, 3.63) is 132 Å². The maximum absolute atomic E-state index is 12.4. The van der Waals surface area contributed by atoms with Gasteiger partial charge in [0, 0.05) is 17.1 Å². The summed E-state index contributed by atoms with van der Waals surface area (Å²) < 4.78 is 5.84. The second-order valence-electron chi connectivity index (χ2n) is 9.42. The van der Waals surface area contributed by atoms with E-state index in [2.05, 4.69) is 84.3 Å². The number of carbonyl (C=O) groups excluding carboxylic acids is 1. The number of anilines is 3. The van der Waals surface area contributed by atoms with Crippen LogP contribution < -0.4 is 9.64 Å². The van der Waals surface area contributed by atoms with Crippen molar-refractivity contribution in [2.45, 2.75) is 32.3 Å². The van der Waals surface area contributed by atoms with Crippen LogP contribution in [0.3, 0.4) is 0 Å². The van der Waals surface area contributed by atoms with Gasteiger partial charge in [-0.25, -0.2) is 0 Å². The Hall–Kier alpha value is -4.15. The van der Waals surface area contributed by atoms with E-state index >= 15 is 0 Å². The highest BCUT2D eigenvalue weighted by Gasteiger charge is 2.35. The molecular formula is C33H33NO3. The minimum atomic E-state index is -1.33. The second kappa shape index (κ2) is 11.7. The molecule has 0 aromatic heterocycles. The Labute approximate surface area is 219 Å². The van der Waals surface area contributed by atoms with Crippen LogP contribution in [0.1, 0.15) is 25.0 Å². The van der Waals surface area contributed by atoms with Gasteiger partial charge in [0.1, 0.15) is 5.75 Å². The Balaban J connectivity index is 1.42. The topological polar surface area (TPSA) is 49.8 Å². The second-order valence-corrected chi connectivity index (χ2v) is 9.42. The van der Waals surface area contributed by atoms with Crippen LogP contribution in [0.15, 0.2) is 121 Å². The van der Waals surface area contributed by atoms with Gasteiger partial charge in [0.2, 0.25) is 5.78 Å². The Morgan fingerprint density at radius 2 is 1.19 bits per heavy atom. The molecule has 0 bridgehead atoms. The highest BCUT2D eigenvalue weighted by molar-refractivity contribution is 6.01. The molecule has 4 rings (SSSR count). The molecule has 0 saturated heterocycles. The predicted molar refractivity (Wildman–Crippen MR) is 151 cm³/mol. The zero-order valence-corrected chi connectivity index (χ0v) is 21.4. The summed E-state index contributed by atoms with van der Waals surface area (Å²) >= 11 is 0. The molecular weight excluding hydrogens is 458 g/mol. The zero-order chi connectivity index (χ0) is 26.3. The van der Waals surface area contributed by atoms with E-state index in [-0.39, 0.29) is 5.78 Å². The largest absolute Gasteiger partial charge is 0.477 e. The zero-order valence-electron chi connectivity index (χ0n) is 21.4. The number of hydrogen-bond acceptors (Lipinski definition) is 4. The Kier molecular flexibility index (Phi) is 8.22. The third kappa shape index (κ3) is 6.35. The van der Waals surface area contributed by atoms with Crippen molar-refractivity contribution in [1.29, 1.82) is 0 Å². The first-order valence-corrected chi connectivity index (χ1v) is 12.5. The lowest BCUT2D eigenvalue weighted by Gasteiger charge is -2.27. The molecule has 0 heterocycles. The third-order valence-electron chi connectivity index (χ3n) is 6.36. The van der Waals surface area contributed by atoms with Gasteiger partial charge < -0.3 is 14.7 Å². The van der Waals surface area contributed by atoms with E-state index in [1.165, 1.54) is 11.1 Å². The predicted octanol–water partition coefficient (Wildman–Crippen LogP) is 7.22. The van der Waals surface area contributed by atoms with Crippen molar-refractivity contribution < 1.29 is 14.6 Å². The number of hydrogen-bond donors (Lipinski definition) is 1. The average molecular weight is 492 g/mol. The van der Waals surface area contributed by atoms with Crippen molar-refractivity contribution in [2.24, 2.45) is 0 Å². The smallest absolute Gasteiger partial charge is 0.203 e. The number of para-hydroxylation sites is 2. The molecule has 0 saturated carbocycles.